The number of hydrogen-bond acceptors (Lipinski definition) is 3. The molecule has 0 aliphatic rings. The Morgan fingerprint density at radius 1 is 1.28 bits per heavy atom. The number of carbonyl (C=O) groups is 2. The van der Waals surface area contributed by atoms with Crippen LogP contribution in [0.5, 0.6) is 0 Å². The van der Waals surface area contributed by atoms with Gasteiger partial charge in [-0.05, 0) is 38.6 Å². The van der Waals surface area contributed by atoms with Gasteiger partial charge in [0.1, 0.15) is 6.54 Å². The molecule has 0 bridgehead atoms. The molecule has 3 N–H and O–H groups in total. The number of rotatable bonds is 9. The lowest BCUT2D eigenvalue weighted by atomic mass is 10.0. The maximum Gasteiger partial charge on any atom is 0.323 e. The molecule has 0 saturated carbocycles. The number of carboxylic acids is 1. The van der Waals surface area contributed by atoms with Gasteiger partial charge < -0.3 is 15.7 Å². The quantitative estimate of drug-likeness (QED) is 0.656. The predicted molar refractivity (Wildman–Crippen MR) is 71.2 cm³/mol. The average Bonchev–Trinajstić information content (AvgIpc) is 2.32. The molecule has 0 aromatic rings. The third-order valence-electron chi connectivity index (χ3n) is 3.26. The zero-order chi connectivity index (χ0) is 14.1. The Kier molecular flexibility index (Phi) is 8.37. The fourth-order valence-corrected chi connectivity index (χ4v) is 1.80. The number of hydrogen-bond donors (Lipinski definition) is 2. The summed E-state index contributed by atoms with van der Waals surface area (Å²) in [7, 11) is 0. The molecule has 0 spiro atoms. The first-order chi connectivity index (χ1) is 8.42. The van der Waals surface area contributed by atoms with Crippen molar-refractivity contribution in [3.63, 3.8) is 0 Å². The van der Waals surface area contributed by atoms with Crippen LogP contribution in [0, 0.1) is 5.92 Å². The third kappa shape index (κ3) is 6.59. The molecule has 0 rings (SSSR count). The van der Waals surface area contributed by atoms with Gasteiger partial charge in [0.2, 0.25) is 5.91 Å². The van der Waals surface area contributed by atoms with Crippen molar-refractivity contribution in [1.29, 1.82) is 0 Å². The lowest BCUT2D eigenvalue weighted by Crippen LogP contribution is -2.41. The van der Waals surface area contributed by atoms with E-state index in [0.29, 0.717) is 18.9 Å². The molecule has 18 heavy (non-hydrogen) atoms. The van der Waals surface area contributed by atoms with Gasteiger partial charge in [-0.25, -0.2) is 0 Å². The Hall–Kier alpha value is -1.10. The van der Waals surface area contributed by atoms with Gasteiger partial charge in [-0.2, -0.15) is 0 Å². The van der Waals surface area contributed by atoms with E-state index in [1.54, 1.807) is 0 Å². The maximum absolute atomic E-state index is 12.0. The number of nitrogens with zero attached hydrogens (tertiary/aromatic N) is 1. The highest BCUT2D eigenvalue weighted by Gasteiger charge is 2.21. The molecule has 0 radical (unpaired) electrons. The number of nitrogens with two attached hydrogens (primary N) is 1. The highest BCUT2D eigenvalue weighted by Crippen LogP contribution is 2.13. The van der Waals surface area contributed by atoms with Gasteiger partial charge in [0.05, 0.1) is 0 Å². The van der Waals surface area contributed by atoms with Crippen molar-refractivity contribution in [2.75, 3.05) is 13.1 Å². The molecule has 0 heterocycles. The van der Waals surface area contributed by atoms with Crippen LogP contribution in [-0.2, 0) is 9.59 Å². The minimum atomic E-state index is -0.960. The Morgan fingerprint density at radius 2 is 1.89 bits per heavy atom. The number of carboxylic acid groups (broad SMARTS) is 1. The Bertz CT molecular complexity index is 269. The Balaban J connectivity index is 4.33. The minimum absolute atomic E-state index is 0.0292. The summed E-state index contributed by atoms with van der Waals surface area (Å²) in [6, 6.07) is -0.0292. The van der Waals surface area contributed by atoms with Crippen molar-refractivity contribution in [1.82, 2.24) is 4.90 Å². The van der Waals surface area contributed by atoms with Crippen LogP contribution in [0.2, 0.25) is 0 Å². The number of aliphatic carboxylic acids is 1. The van der Waals surface area contributed by atoms with Crippen molar-refractivity contribution in [2.45, 2.75) is 52.5 Å². The van der Waals surface area contributed by atoms with E-state index in [1.807, 2.05) is 13.8 Å². The molecule has 0 aromatic heterocycles. The van der Waals surface area contributed by atoms with E-state index in [0.717, 1.165) is 19.3 Å². The largest absolute Gasteiger partial charge is 0.480 e. The van der Waals surface area contributed by atoms with Crippen LogP contribution in [0.25, 0.3) is 0 Å². The van der Waals surface area contributed by atoms with E-state index >= 15 is 0 Å². The van der Waals surface area contributed by atoms with Gasteiger partial charge in [-0.15, -0.1) is 0 Å². The zero-order valence-corrected chi connectivity index (χ0v) is 11.7. The summed E-state index contributed by atoms with van der Waals surface area (Å²) in [5.74, 6) is -0.628. The molecule has 1 amide bonds. The van der Waals surface area contributed by atoms with Crippen molar-refractivity contribution in [3.8, 4) is 0 Å². The van der Waals surface area contributed by atoms with E-state index in [4.69, 9.17) is 10.8 Å². The molecule has 5 heteroatoms. The van der Waals surface area contributed by atoms with E-state index in [1.165, 1.54) is 4.90 Å². The van der Waals surface area contributed by atoms with Crippen molar-refractivity contribution in [2.24, 2.45) is 11.7 Å². The summed E-state index contributed by atoms with van der Waals surface area (Å²) < 4.78 is 0. The van der Waals surface area contributed by atoms with Gasteiger partial charge in [-0.1, -0.05) is 13.8 Å². The molecule has 0 aliphatic carbocycles. The topological polar surface area (TPSA) is 83.6 Å². The van der Waals surface area contributed by atoms with Gasteiger partial charge in [0, 0.05) is 12.5 Å². The van der Waals surface area contributed by atoms with Crippen LogP contribution in [0.15, 0.2) is 0 Å². The number of amides is 1. The molecule has 5 nitrogen and oxygen atoms in total. The second-order valence-electron chi connectivity index (χ2n) is 4.89. The fraction of sp³-hybridized carbons (Fsp3) is 0.846. The minimum Gasteiger partial charge on any atom is -0.480 e. The zero-order valence-electron chi connectivity index (χ0n) is 11.7. The summed E-state index contributed by atoms with van der Waals surface area (Å²) in [5, 5.41) is 8.83. The maximum atomic E-state index is 12.0. The van der Waals surface area contributed by atoms with Crippen LogP contribution >= 0.6 is 0 Å². The molecule has 2 atom stereocenters. The Morgan fingerprint density at radius 3 is 2.33 bits per heavy atom. The Labute approximate surface area is 109 Å². The first kappa shape index (κ1) is 16.9. The average molecular weight is 258 g/mol. The van der Waals surface area contributed by atoms with Crippen molar-refractivity contribution >= 4 is 11.9 Å². The highest BCUT2D eigenvalue weighted by molar-refractivity contribution is 5.81. The molecular formula is C13H26N2O3. The monoisotopic (exact) mass is 258 g/mol. The second-order valence-corrected chi connectivity index (χ2v) is 4.89. The molecule has 0 aromatic carbocycles. The highest BCUT2D eigenvalue weighted by atomic mass is 16.4. The van der Waals surface area contributed by atoms with E-state index in [2.05, 4.69) is 6.92 Å². The van der Waals surface area contributed by atoms with Gasteiger partial charge in [-0.3, -0.25) is 9.59 Å². The van der Waals surface area contributed by atoms with Crippen LogP contribution in [0.4, 0.5) is 0 Å². The fourth-order valence-electron chi connectivity index (χ4n) is 1.80. The first-order valence-corrected chi connectivity index (χ1v) is 6.63. The van der Waals surface area contributed by atoms with Crippen LogP contribution < -0.4 is 5.73 Å². The summed E-state index contributed by atoms with van der Waals surface area (Å²) in [5.41, 5.74) is 5.46. The standard InChI is InChI=1S/C13H26N2O3/c1-4-11(3)15(9-13(17)18)12(16)6-5-10(2)7-8-14/h10-11H,4-9,14H2,1-3H3,(H,17,18). The van der Waals surface area contributed by atoms with Crippen LogP contribution in [0.1, 0.15) is 46.5 Å². The lowest BCUT2D eigenvalue weighted by Gasteiger charge is -2.27. The smallest absolute Gasteiger partial charge is 0.323 e. The van der Waals surface area contributed by atoms with Gasteiger partial charge in [0.15, 0.2) is 0 Å². The first-order valence-electron chi connectivity index (χ1n) is 6.63. The summed E-state index contributed by atoms with van der Waals surface area (Å²) in [6.45, 7) is 6.30. The third-order valence-corrected chi connectivity index (χ3v) is 3.26. The molecule has 0 fully saturated rings. The summed E-state index contributed by atoms with van der Waals surface area (Å²) in [6.07, 6.45) is 2.83. The molecule has 0 saturated heterocycles. The van der Waals surface area contributed by atoms with Gasteiger partial charge in [0.25, 0.3) is 0 Å². The molecule has 106 valence electrons. The van der Waals surface area contributed by atoms with E-state index < -0.39 is 5.97 Å². The van der Waals surface area contributed by atoms with Crippen LogP contribution in [-0.4, -0.2) is 41.0 Å². The van der Waals surface area contributed by atoms with Gasteiger partial charge >= 0.3 is 5.97 Å². The molecule has 0 aliphatic heterocycles. The lowest BCUT2D eigenvalue weighted by molar-refractivity contribution is -0.146. The SMILES string of the molecule is CCC(C)N(CC(=O)O)C(=O)CCC(C)CCN. The second kappa shape index (κ2) is 8.91. The normalized spacial score (nSPS) is 14.0. The molecule has 2 unspecified atom stereocenters. The van der Waals surface area contributed by atoms with E-state index in [9.17, 15) is 9.59 Å². The van der Waals surface area contributed by atoms with Crippen molar-refractivity contribution in [3.05, 3.63) is 0 Å². The summed E-state index contributed by atoms with van der Waals surface area (Å²) in [4.78, 5) is 24.2. The van der Waals surface area contributed by atoms with Crippen molar-refractivity contribution < 1.29 is 14.7 Å². The predicted octanol–water partition coefficient (Wildman–Crippen LogP) is 1.46. The molecular weight excluding hydrogens is 232 g/mol. The van der Waals surface area contributed by atoms with E-state index in [-0.39, 0.29) is 18.5 Å². The number of carbonyl (C=O) groups excluding carboxylic acids is 1. The van der Waals surface area contributed by atoms with Crippen LogP contribution in [0.3, 0.4) is 0 Å². The summed E-state index contributed by atoms with van der Waals surface area (Å²) >= 11 is 0.